The second kappa shape index (κ2) is 5.56. The quantitative estimate of drug-likeness (QED) is 0.796. The molecule has 0 bridgehead atoms. The fourth-order valence-electron chi connectivity index (χ4n) is 1.47. The van der Waals surface area contributed by atoms with Crippen LogP contribution in [0.2, 0.25) is 0 Å². The predicted molar refractivity (Wildman–Crippen MR) is 65.2 cm³/mol. The van der Waals surface area contributed by atoms with Crippen LogP contribution in [0.15, 0.2) is 36.5 Å². The first kappa shape index (κ1) is 13.1. The van der Waals surface area contributed by atoms with Gasteiger partial charge in [0.25, 0.3) is 0 Å². The van der Waals surface area contributed by atoms with Gasteiger partial charge in [0.1, 0.15) is 11.6 Å². The Morgan fingerprint density at radius 1 is 1.26 bits per heavy atom. The average Bonchev–Trinajstić information content (AvgIpc) is 2.37. The van der Waals surface area contributed by atoms with Crippen LogP contribution in [0.4, 0.5) is 8.78 Å². The zero-order chi connectivity index (χ0) is 13.8. The van der Waals surface area contributed by atoms with E-state index in [9.17, 15) is 13.6 Å². The van der Waals surface area contributed by atoms with E-state index in [0.29, 0.717) is 6.07 Å². The summed E-state index contributed by atoms with van der Waals surface area (Å²) in [7, 11) is 0. The van der Waals surface area contributed by atoms with E-state index in [1.807, 2.05) is 6.92 Å². The molecule has 19 heavy (non-hydrogen) atoms. The van der Waals surface area contributed by atoms with Gasteiger partial charge in [-0.25, -0.2) is 13.8 Å². The van der Waals surface area contributed by atoms with Crippen molar-refractivity contribution < 1.29 is 18.3 Å². The normalized spacial score (nSPS) is 10.3. The number of ketones is 1. The number of aryl methyl sites for hydroxylation is 1. The molecule has 0 aliphatic rings. The first-order valence-electron chi connectivity index (χ1n) is 5.60. The van der Waals surface area contributed by atoms with Crippen molar-refractivity contribution in [2.24, 2.45) is 0 Å². The molecule has 1 heterocycles. The maximum absolute atomic E-state index is 13.3. The highest BCUT2D eigenvalue weighted by atomic mass is 19.1. The topological polar surface area (TPSA) is 39.2 Å². The summed E-state index contributed by atoms with van der Waals surface area (Å²) >= 11 is 0. The van der Waals surface area contributed by atoms with Gasteiger partial charge in [-0.15, -0.1) is 0 Å². The Labute approximate surface area is 108 Å². The number of nitrogens with zero attached hydrogens (tertiary/aromatic N) is 1. The van der Waals surface area contributed by atoms with Gasteiger partial charge in [0.05, 0.1) is 5.56 Å². The molecule has 5 heteroatoms. The molecule has 0 aliphatic carbocycles. The fourth-order valence-corrected chi connectivity index (χ4v) is 1.47. The molecule has 0 amide bonds. The third-order valence-electron chi connectivity index (χ3n) is 2.47. The van der Waals surface area contributed by atoms with Gasteiger partial charge in [-0.3, -0.25) is 4.79 Å². The summed E-state index contributed by atoms with van der Waals surface area (Å²) in [5, 5.41) is 0. The number of hydrogen-bond donors (Lipinski definition) is 0. The summed E-state index contributed by atoms with van der Waals surface area (Å²) in [6.45, 7) is 1.52. The van der Waals surface area contributed by atoms with Crippen molar-refractivity contribution >= 4 is 5.78 Å². The number of hydrogen-bond acceptors (Lipinski definition) is 3. The summed E-state index contributed by atoms with van der Waals surface area (Å²) in [6, 6.07) is 6.19. The predicted octanol–water partition coefficient (Wildman–Crippen LogP) is 2.93. The lowest BCUT2D eigenvalue weighted by atomic mass is 10.1. The van der Waals surface area contributed by atoms with E-state index in [1.165, 1.54) is 0 Å². The van der Waals surface area contributed by atoms with Gasteiger partial charge in [-0.1, -0.05) is 6.07 Å². The van der Waals surface area contributed by atoms with Crippen molar-refractivity contribution in [1.29, 1.82) is 0 Å². The molecule has 0 fully saturated rings. The van der Waals surface area contributed by atoms with E-state index < -0.39 is 17.4 Å². The third kappa shape index (κ3) is 3.34. The monoisotopic (exact) mass is 263 g/mol. The van der Waals surface area contributed by atoms with Crippen molar-refractivity contribution in [2.75, 3.05) is 6.61 Å². The van der Waals surface area contributed by atoms with Crippen molar-refractivity contribution in [3.63, 3.8) is 0 Å². The standard InChI is InChI=1S/C14H11F2NO2/c1-9-2-5-14(17-7-9)19-8-13(18)11-4-3-10(15)6-12(11)16/h2-7H,8H2,1H3. The van der Waals surface area contributed by atoms with Crippen LogP contribution in [0.1, 0.15) is 15.9 Å². The third-order valence-corrected chi connectivity index (χ3v) is 2.47. The lowest BCUT2D eigenvalue weighted by Crippen LogP contribution is -2.14. The summed E-state index contributed by atoms with van der Waals surface area (Å²) in [5.41, 5.74) is 0.761. The number of carbonyl (C=O) groups is 1. The SMILES string of the molecule is Cc1ccc(OCC(=O)c2ccc(F)cc2F)nc1. The van der Waals surface area contributed by atoms with Gasteiger partial charge in [-0.2, -0.15) is 0 Å². The Hall–Kier alpha value is -2.30. The van der Waals surface area contributed by atoms with Gasteiger partial charge < -0.3 is 4.74 Å². The molecule has 1 aromatic heterocycles. The molecule has 0 aliphatic heterocycles. The van der Waals surface area contributed by atoms with Crippen molar-refractivity contribution in [2.45, 2.75) is 6.92 Å². The van der Waals surface area contributed by atoms with Crippen LogP contribution >= 0.6 is 0 Å². The maximum Gasteiger partial charge on any atom is 0.213 e. The highest BCUT2D eigenvalue weighted by Crippen LogP contribution is 2.12. The molecular weight excluding hydrogens is 252 g/mol. The van der Waals surface area contributed by atoms with E-state index in [4.69, 9.17) is 4.74 Å². The Morgan fingerprint density at radius 2 is 2.05 bits per heavy atom. The molecular formula is C14H11F2NO2. The number of benzene rings is 1. The van der Waals surface area contributed by atoms with Crippen LogP contribution < -0.4 is 4.74 Å². The number of carbonyl (C=O) groups excluding carboxylic acids is 1. The molecule has 2 aromatic rings. The number of Topliss-reactive ketones (excluding diaryl/α,β-unsaturated/α-hetero) is 1. The molecule has 2 rings (SSSR count). The summed E-state index contributed by atoms with van der Waals surface area (Å²) in [4.78, 5) is 15.7. The Kier molecular flexibility index (Phi) is 3.85. The van der Waals surface area contributed by atoms with Crippen LogP contribution in [0.25, 0.3) is 0 Å². The maximum atomic E-state index is 13.3. The van der Waals surface area contributed by atoms with Crippen molar-refractivity contribution in [3.05, 3.63) is 59.3 Å². The minimum Gasteiger partial charge on any atom is -0.469 e. The van der Waals surface area contributed by atoms with E-state index in [-0.39, 0.29) is 18.1 Å². The van der Waals surface area contributed by atoms with Crippen LogP contribution in [-0.2, 0) is 0 Å². The molecule has 0 unspecified atom stereocenters. The Balaban J connectivity index is 2.03. The van der Waals surface area contributed by atoms with Crippen LogP contribution in [0.5, 0.6) is 5.88 Å². The smallest absolute Gasteiger partial charge is 0.213 e. The highest BCUT2D eigenvalue weighted by Gasteiger charge is 2.13. The van der Waals surface area contributed by atoms with Gasteiger partial charge in [-0.05, 0) is 24.6 Å². The number of ether oxygens (including phenoxy) is 1. The summed E-state index contributed by atoms with van der Waals surface area (Å²) in [6.07, 6.45) is 1.60. The number of aromatic nitrogens is 1. The molecule has 0 saturated heterocycles. The molecule has 98 valence electrons. The van der Waals surface area contributed by atoms with E-state index in [2.05, 4.69) is 4.98 Å². The molecule has 0 atom stereocenters. The van der Waals surface area contributed by atoms with Crippen molar-refractivity contribution in [1.82, 2.24) is 4.98 Å². The second-order valence-electron chi connectivity index (χ2n) is 4.01. The number of rotatable bonds is 4. The molecule has 3 nitrogen and oxygen atoms in total. The minimum atomic E-state index is -0.898. The van der Waals surface area contributed by atoms with Crippen LogP contribution in [0, 0.1) is 18.6 Å². The van der Waals surface area contributed by atoms with Gasteiger partial charge in [0.2, 0.25) is 11.7 Å². The summed E-state index contributed by atoms with van der Waals surface area (Å²) in [5.74, 6) is -1.91. The van der Waals surface area contributed by atoms with Crippen LogP contribution in [-0.4, -0.2) is 17.4 Å². The molecule has 0 saturated carbocycles. The van der Waals surface area contributed by atoms with E-state index >= 15 is 0 Å². The van der Waals surface area contributed by atoms with Gasteiger partial charge in [0.15, 0.2) is 6.61 Å². The Bertz CT molecular complexity index is 597. The first-order chi connectivity index (χ1) is 9.06. The van der Waals surface area contributed by atoms with E-state index in [0.717, 1.165) is 17.7 Å². The zero-order valence-electron chi connectivity index (χ0n) is 10.2. The highest BCUT2D eigenvalue weighted by molar-refractivity contribution is 5.97. The Morgan fingerprint density at radius 3 is 2.68 bits per heavy atom. The molecule has 1 aromatic carbocycles. The molecule has 0 N–H and O–H groups in total. The first-order valence-corrected chi connectivity index (χ1v) is 5.60. The van der Waals surface area contributed by atoms with Crippen molar-refractivity contribution in [3.8, 4) is 5.88 Å². The van der Waals surface area contributed by atoms with E-state index in [1.54, 1.807) is 18.3 Å². The number of pyridine rings is 1. The van der Waals surface area contributed by atoms with Gasteiger partial charge in [0, 0.05) is 18.3 Å². The largest absolute Gasteiger partial charge is 0.469 e. The van der Waals surface area contributed by atoms with Gasteiger partial charge >= 0.3 is 0 Å². The summed E-state index contributed by atoms with van der Waals surface area (Å²) < 4.78 is 31.2. The lowest BCUT2D eigenvalue weighted by Gasteiger charge is -2.05. The van der Waals surface area contributed by atoms with Crippen LogP contribution in [0.3, 0.4) is 0 Å². The average molecular weight is 263 g/mol. The molecule has 0 spiro atoms. The number of halogens is 2. The minimum absolute atomic E-state index is 0.200. The molecule has 0 radical (unpaired) electrons. The fraction of sp³-hybridized carbons (Fsp3) is 0.143. The second-order valence-corrected chi connectivity index (χ2v) is 4.01. The zero-order valence-corrected chi connectivity index (χ0v) is 10.2. The lowest BCUT2D eigenvalue weighted by molar-refractivity contribution is 0.0914.